The van der Waals surface area contributed by atoms with Crippen molar-refractivity contribution in [1.82, 2.24) is 5.32 Å². The molecule has 0 radical (unpaired) electrons. The lowest BCUT2D eigenvalue weighted by atomic mass is 10.2. The summed E-state index contributed by atoms with van der Waals surface area (Å²) in [5.41, 5.74) is 1.01. The van der Waals surface area contributed by atoms with Gasteiger partial charge in [-0.2, -0.15) is 0 Å². The normalized spacial score (nSPS) is 9.92. The Kier molecular flexibility index (Phi) is 3.57. The van der Waals surface area contributed by atoms with Gasteiger partial charge >= 0.3 is 0 Å². The van der Waals surface area contributed by atoms with Gasteiger partial charge in [-0.25, -0.2) is 0 Å². The Morgan fingerprint density at radius 2 is 2.00 bits per heavy atom. The lowest BCUT2D eigenvalue weighted by Gasteiger charge is -1.98. The van der Waals surface area contributed by atoms with Crippen LogP contribution in [-0.4, -0.2) is 13.5 Å². The number of benzene rings is 1. The van der Waals surface area contributed by atoms with Crippen molar-refractivity contribution in [2.45, 2.75) is 0 Å². The fourth-order valence-corrected chi connectivity index (χ4v) is 0.899. The van der Waals surface area contributed by atoms with Gasteiger partial charge < -0.3 is 10.1 Å². The second-order valence-electron chi connectivity index (χ2n) is 2.39. The van der Waals surface area contributed by atoms with Crippen LogP contribution in [0.25, 0.3) is 6.08 Å². The van der Waals surface area contributed by atoms with Crippen LogP contribution in [0.1, 0.15) is 5.56 Å². The molecule has 3 heteroatoms. The molecule has 68 valence electrons. The number of carbonyl (C=O) groups excluding carboxylic acids is 1. The summed E-state index contributed by atoms with van der Waals surface area (Å²) in [6.45, 7) is 0. The van der Waals surface area contributed by atoms with Crippen LogP contribution in [0.3, 0.4) is 0 Å². The summed E-state index contributed by atoms with van der Waals surface area (Å²) in [4.78, 5) is 9.91. The molecule has 0 aromatic heterocycles. The molecule has 0 saturated heterocycles. The quantitative estimate of drug-likeness (QED) is 0.706. The van der Waals surface area contributed by atoms with Crippen LogP contribution in [0.5, 0.6) is 5.75 Å². The van der Waals surface area contributed by atoms with Gasteiger partial charge in [0.25, 0.3) is 0 Å². The van der Waals surface area contributed by atoms with Gasteiger partial charge in [0.15, 0.2) is 0 Å². The van der Waals surface area contributed by atoms with Crippen molar-refractivity contribution in [1.29, 1.82) is 0 Å². The molecule has 0 bridgehead atoms. The van der Waals surface area contributed by atoms with Gasteiger partial charge in [-0.3, -0.25) is 4.79 Å². The van der Waals surface area contributed by atoms with Crippen molar-refractivity contribution >= 4 is 12.5 Å². The van der Waals surface area contributed by atoms with E-state index >= 15 is 0 Å². The third-order valence-corrected chi connectivity index (χ3v) is 1.56. The van der Waals surface area contributed by atoms with Gasteiger partial charge in [-0.1, -0.05) is 12.1 Å². The number of methoxy groups -OCH3 is 1. The number of amides is 1. The highest BCUT2D eigenvalue weighted by atomic mass is 16.5. The van der Waals surface area contributed by atoms with E-state index in [1.54, 1.807) is 19.4 Å². The van der Waals surface area contributed by atoms with Gasteiger partial charge in [0.05, 0.1) is 7.11 Å². The van der Waals surface area contributed by atoms with E-state index in [-0.39, 0.29) is 0 Å². The van der Waals surface area contributed by atoms with Crippen molar-refractivity contribution in [2.24, 2.45) is 0 Å². The van der Waals surface area contributed by atoms with E-state index in [2.05, 4.69) is 5.32 Å². The number of rotatable bonds is 4. The highest BCUT2D eigenvalue weighted by Gasteiger charge is 1.88. The molecule has 1 aromatic rings. The first-order valence-electron chi connectivity index (χ1n) is 3.87. The summed E-state index contributed by atoms with van der Waals surface area (Å²) in [5, 5.41) is 2.43. The zero-order valence-corrected chi connectivity index (χ0v) is 7.36. The van der Waals surface area contributed by atoms with Crippen molar-refractivity contribution in [2.75, 3.05) is 7.11 Å². The fraction of sp³-hybridized carbons (Fsp3) is 0.100. The van der Waals surface area contributed by atoms with Gasteiger partial charge in [0, 0.05) is 6.20 Å². The summed E-state index contributed by atoms with van der Waals surface area (Å²) >= 11 is 0. The van der Waals surface area contributed by atoms with E-state index in [0.29, 0.717) is 6.41 Å². The minimum atomic E-state index is 0.625. The second kappa shape index (κ2) is 4.98. The van der Waals surface area contributed by atoms with Gasteiger partial charge in [0.1, 0.15) is 5.75 Å². The molecule has 0 fully saturated rings. The number of hydrogen-bond acceptors (Lipinski definition) is 2. The molecule has 1 rings (SSSR count). The smallest absolute Gasteiger partial charge is 0.211 e. The molecule has 0 aliphatic carbocycles. The molecule has 3 nitrogen and oxygen atoms in total. The third-order valence-electron chi connectivity index (χ3n) is 1.56. The van der Waals surface area contributed by atoms with Gasteiger partial charge in [0.2, 0.25) is 6.41 Å². The fourth-order valence-electron chi connectivity index (χ4n) is 0.899. The molecule has 0 aliphatic heterocycles. The SMILES string of the molecule is COc1ccc(C=CNC=O)cc1. The van der Waals surface area contributed by atoms with E-state index in [9.17, 15) is 4.79 Å². The second-order valence-corrected chi connectivity index (χ2v) is 2.39. The Hall–Kier alpha value is -1.77. The Bertz CT molecular complexity index is 290. The molecular weight excluding hydrogens is 166 g/mol. The Balaban J connectivity index is 2.63. The number of hydrogen-bond donors (Lipinski definition) is 1. The van der Waals surface area contributed by atoms with Crippen molar-refractivity contribution in [3.05, 3.63) is 36.0 Å². The Morgan fingerprint density at radius 1 is 1.31 bits per heavy atom. The standard InChI is InChI=1S/C10H11NO2/c1-13-10-4-2-9(3-5-10)6-7-11-8-12/h2-8H,1H3,(H,11,12). The maximum atomic E-state index is 9.91. The van der Waals surface area contributed by atoms with Crippen LogP contribution in [-0.2, 0) is 4.79 Å². The predicted octanol–water partition coefficient (Wildman–Crippen LogP) is 1.41. The maximum absolute atomic E-state index is 9.91. The largest absolute Gasteiger partial charge is 0.497 e. The van der Waals surface area contributed by atoms with Crippen LogP contribution >= 0.6 is 0 Å². The van der Waals surface area contributed by atoms with Gasteiger partial charge in [-0.05, 0) is 23.8 Å². The molecule has 1 aromatic carbocycles. The highest BCUT2D eigenvalue weighted by Crippen LogP contribution is 2.11. The summed E-state index contributed by atoms with van der Waals surface area (Å²) in [7, 11) is 1.62. The average Bonchev–Trinajstić information content (AvgIpc) is 2.19. The van der Waals surface area contributed by atoms with Crippen LogP contribution < -0.4 is 10.1 Å². The van der Waals surface area contributed by atoms with Crippen molar-refractivity contribution in [3.8, 4) is 5.75 Å². The first-order chi connectivity index (χ1) is 6.36. The lowest BCUT2D eigenvalue weighted by Crippen LogP contribution is -1.97. The first kappa shape index (κ1) is 9.32. The van der Waals surface area contributed by atoms with Crippen LogP contribution in [0.15, 0.2) is 30.5 Å². The van der Waals surface area contributed by atoms with Crippen molar-refractivity contribution < 1.29 is 9.53 Å². The Morgan fingerprint density at radius 3 is 2.54 bits per heavy atom. The monoisotopic (exact) mass is 177 g/mol. The van der Waals surface area contributed by atoms with Crippen LogP contribution in [0.2, 0.25) is 0 Å². The van der Waals surface area contributed by atoms with Crippen molar-refractivity contribution in [3.63, 3.8) is 0 Å². The van der Waals surface area contributed by atoms with E-state index in [1.165, 1.54) is 0 Å². The van der Waals surface area contributed by atoms with Gasteiger partial charge in [-0.15, -0.1) is 0 Å². The number of carbonyl (C=O) groups is 1. The molecule has 13 heavy (non-hydrogen) atoms. The minimum absolute atomic E-state index is 0.625. The minimum Gasteiger partial charge on any atom is -0.497 e. The molecule has 0 heterocycles. The average molecular weight is 177 g/mol. The highest BCUT2D eigenvalue weighted by molar-refractivity contribution is 5.55. The zero-order valence-electron chi connectivity index (χ0n) is 7.36. The molecule has 0 aliphatic rings. The number of nitrogens with one attached hydrogen (secondary N) is 1. The molecule has 0 spiro atoms. The molecule has 0 saturated carbocycles. The molecule has 1 N–H and O–H groups in total. The lowest BCUT2D eigenvalue weighted by molar-refractivity contribution is -0.108. The molecule has 0 unspecified atom stereocenters. The van der Waals surface area contributed by atoms with Crippen LogP contribution in [0, 0.1) is 0 Å². The summed E-state index contributed by atoms with van der Waals surface area (Å²) in [5.74, 6) is 0.820. The predicted molar refractivity (Wildman–Crippen MR) is 51.2 cm³/mol. The molecule has 0 atom stereocenters. The maximum Gasteiger partial charge on any atom is 0.211 e. The van der Waals surface area contributed by atoms with E-state index in [4.69, 9.17) is 4.74 Å². The number of ether oxygens (including phenoxy) is 1. The zero-order chi connectivity index (χ0) is 9.52. The van der Waals surface area contributed by atoms with E-state index in [0.717, 1.165) is 11.3 Å². The summed E-state index contributed by atoms with van der Waals surface area (Å²) < 4.78 is 5.00. The van der Waals surface area contributed by atoms with E-state index < -0.39 is 0 Å². The summed E-state index contributed by atoms with van der Waals surface area (Å²) in [6.07, 6.45) is 4.00. The Labute approximate surface area is 77.0 Å². The summed E-state index contributed by atoms with van der Waals surface area (Å²) in [6, 6.07) is 7.53. The first-order valence-corrected chi connectivity index (χ1v) is 3.87. The topological polar surface area (TPSA) is 38.3 Å². The third kappa shape index (κ3) is 2.99. The van der Waals surface area contributed by atoms with E-state index in [1.807, 2.05) is 24.3 Å². The van der Waals surface area contributed by atoms with Crippen LogP contribution in [0.4, 0.5) is 0 Å². The molecule has 1 amide bonds. The molecular formula is C10H11NO2.